The zero-order valence-electron chi connectivity index (χ0n) is 18.6. The van der Waals surface area contributed by atoms with Gasteiger partial charge in [-0.1, -0.05) is 83.1 Å². The largest absolute Gasteiger partial charge is 0.478 e. The molecule has 0 aliphatic carbocycles. The van der Waals surface area contributed by atoms with Crippen molar-refractivity contribution in [1.82, 2.24) is 0 Å². The van der Waals surface area contributed by atoms with Gasteiger partial charge in [0.15, 0.2) is 0 Å². The van der Waals surface area contributed by atoms with E-state index in [-0.39, 0.29) is 11.6 Å². The number of allylic oxidation sites excluding steroid dienone is 1. The summed E-state index contributed by atoms with van der Waals surface area (Å²) in [7, 11) is 0. The summed E-state index contributed by atoms with van der Waals surface area (Å²) in [4.78, 5) is 21.9. The smallest absolute Gasteiger partial charge is 0.327 e. The van der Waals surface area contributed by atoms with Crippen molar-refractivity contribution in [3.63, 3.8) is 0 Å². The van der Waals surface area contributed by atoms with Crippen molar-refractivity contribution in [1.29, 1.82) is 0 Å². The molecule has 4 nitrogen and oxygen atoms in total. The van der Waals surface area contributed by atoms with Gasteiger partial charge < -0.3 is 9.84 Å². The van der Waals surface area contributed by atoms with Gasteiger partial charge in [0.2, 0.25) is 0 Å². The van der Waals surface area contributed by atoms with Crippen molar-refractivity contribution in [3.05, 3.63) is 12.2 Å². The Labute approximate surface area is 173 Å². The first-order valence-electron chi connectivity index (χ1n) is 11.4. The lowest BCUT2D eigenvalue weighted by Crippen LogP contribution is -2.23. The van der Waals surface area contributed by atoms with E-state index < -0.39 is 5.97 Å². The molecule has 0 aromatic carbocycles. The van der Waals surface area contributed by atoms with Crippen LogP contribution in [0.15, 0.2) is 12.2 Å². The average Bonchev–Trinajstić information content (AvgIpc) is 2.59. The second-order valence-corrected chi connectivity index (χ2v) is 8.82. The van der Waals surface area contributed by atoms with Crippen LogP contribution in [0.3, 0.4) is 0 Å². The maximum absolute atomic E-state index is 11.6. The quantitative estimate of drug-likeness (QED) is 0.151. The Kier molecular flexibility index (Phi) is 16.9. The molecule has 0 aliphatic heterocycles. The molecule has 0 fully saturated rings. The fraction of sp³-hybridized carbons (Fsp3) is 0.833. The highest BCUT2D eigenvalue weighted by Crippen LogP contribution is 2.15. The molecule has 4 heteroatoms. The molecule has 0 radical (unpaired) electrons. The number of esters is 1. The Morgan fingerprint density at radius 1 is 0.714 bits per heavy atom. The number of carbonyl (C=O) groups is 2. The summed E-state index contributed by atoms with van der Waals surface area (Å²) >= 11 is 0. The van der Waals surface area contributed by atoms with E-state index in [1.165, 1.54) is 76.7 Å². The van der Waals surface area contributed by atoms with Gasteiger partial charge in [-0.2, -0.15) is 0 Å². The van der Waals surface area contributed by atoms with E-state index in [0.717, 1.165) is 25.7 Å². The maximum atomic E-state index is 11.6. The number of carboxylic acids is 1. The predicted molar refractivity (Wildman–Crippen MR) is 116 cm³/mol. The number of rotatable bonds is 18. The first kappa shape index (κ1) is 26.7. The van der Waals surface area contributed by atoms with E-state index in [1.807, 2.05) is 20.8 Å². The summed E-state index contributed by atoms with van der Waals surface area (Å²) in [6, 6.07) is 0. The molecule has 0 aromatic heterocycles. The summed E-state index contributed by atoms with van der Waals surface area (Å²) in [5, 5.41) is 8.49. The number of hydrogen-bond acceptors (Lipinski definition) is 3. The summed E-state index contributed by atoms with van der Waals surface area (Å²) in [6.07, 6.45) is 21.9. The van der Waals surface area contributed by atoms with E-state index in [1.54, 1.807) is 6.08 Å². The minimum atomic E-state index is -0.849. The van der Waals surface area contributed by atoms with Crippen LogP contribution < -0.4 is 0 Å². The number of aliphatic carboxylic acids is 1. The fourth-order valence-electron chi connectivity index (χ4n) is 3.23. The number of carbonyl (C=O) groups excluding carboxylic acids is 1. The lowest BCUT2D eigenvalue weighted by atomic mass is 10.0. The second kappa shape index (κ2) is 17.8. The molecule has 0 atom stereocenters. The molecule has 0 rings (SSSR count). The SMILES string of the molecule is CC(C)(C)OC(=O)CCCCCCCCCCCCCCCCC=CC(=O)O. The van der Waals surface area contributed by atoms with Gasteiger partial charge in [0, 0.05) is 12.5 Å². The first-order chi connectivity index (χ1) is 13.3. The van der Waals surface area contributed by atoms with Crippen LogP contribution in [-0.2, 0) is 14.3 Å². The number of carboxylic acid groups (broad SMARTS) is 1. The third kappa shape index (κ3) is 22.7. The van der Waals surface area contributed by atoms with Gasteiger partial charge in [-0.15, -0.1) is 0 Å². The molecule has 0 aromatic rings. The molecule has 0 unspecified atom stereocenters. The Hall–Kier alpha value is -1.32. The van der Waals surface area contributed by atoms with E-state index in [0.29, 0.717) is 6.42 Å². The molecule has 0 aliphatic rings. The standard InChI is InChI=1S/C24H44O4/c1-24(2,3)28-23(27)21-19-17-15-13-11-9-7-5-4-6-8-10-12-14-16-18-20-22(25)26/h18,20H,4-17,19,21H2,1-3H3,(H,25,26). The normalized spacial score (nSPS) is 11.8. The third-order valence-corrected chi connectivity index (χ3v) is 4.68. The van der Waals surface area contributed by atoms with E-state index in [9.17, 15) is 9.59 Å². The Bertz CT molecular complexity index is 421. The van der Waals surface area contributed by atoms with E-state index in [4.69, 9.17) is 9.84 Å². The predicted octanol–water partition coefficient (Wildman–Crippen LogP) is 7.21. The van der Waals surface area contributed by atoms with Crippen molar-refractivity contribution in [3.8, 4) is 0 Å². The molecule has 0 spiro atoms. The molecule has 164 valence electrons. The van der Waals surface area contributed by atoms with Crippen LogP contribution in [-0.4, -0.2) is 22.6 Å². The number of hydrogen-bond donors (Lipinski definition) is 1. The highest BCUT2D eigenvalue weighted by atomic mass is 16.6. The van der Waals surface area contributed by atoms with Gasteiger partial charge in [0.25, 0.3) is 0 Å². The van der Waals surface area contributed by atoms with Crippen LogP contribution in [0, 0.1) is 0 Å². The van der Waals surface area contributed by atoms with Gasteiger partial charge >= 0.3 is 11.9 Å². The zero-order valence-corrected chi connectivity index (χ0v) is 18.6. The van der Waals surface area contributed by atoms with Crippen molar-refractivity contribution in [2.75, 3.05) is 0 Å². The van der Waals surface area contributed by atoms with Gasteiger partial charge in [-0.25, -0.2) is 4.79 Å². The van der Waals surface area contributed by atoms with Gasteiger partial charge in [0.1, 0.15) is 5.60 Å². The molecule has 0 heterocycles. The first-order valence-corrected chi connectivity index (χ1v) is 11.4. The summed E-state index contributed by atoms with van der Waals surface area (Å²) < 4.78 is 5.31. The van der Waals surface area contributed by atoms with Crippen LogP contribution in [0.5, 0.6) is 0 Å². The van der Waals surface area contributed by atoms with Crippen LogP contribution >= 0.6 is 0 Å². The monoisotopic (exact) mass is 396 g/mol. The van der Waals surface area contributed by atoms with Gasteiger partial charge in [-0.3, -0.25) is 4.79 Å². The minimum Gasteiger partial charge on any atom is -0.478 e. The second-order valence-electron chi connectivity index (χ2n) is 8.82. The maximum Gasteiger partial charge on any atom is 0.327 e. The van der Waals surface area contributed by atoms with Gasteiger partial charge in [-0.05, 0) is 40.0 Å². The average molecular weight is 397 g/mol. The van der Waals surface area contributed by atoms with Crippen LogP contribution in [0.2, 0.25) is 0 Å². The number of ether oxygens (including phenoxy) is 1. The lowest BCUT2D eigenvalue weighted by Gasteiger charge is -2.19. The topological polar surface area (TPSA) is 63.6 Å². The highest BCUT2D eigenvalue weighted by Gasteiger charge is 2.15. The minimum absolute atomic E-state index is 0.0671. The lowest BCUT2D eigenvalue weighted by molar-refractivity contribution is -0.155. The molecule has 0 bridgehead atoms. The number of unbranched alkanes of at least 4 members (excludes halogenated alkanes) is 14. The van der Waals surface area contributed by atoms with Crippen molar-refractivity contribution < 1.29 is 19.4 Å². The highest BCUT2D eigenvalue weighted by molar-refractivity contribution is 5.79. The Morgan fingerprint density at radius 2 is 1.11 bits per heavy atom. The Morgan fingerprint density at radius 3 is 1.50 bits per heavy atom. The van der Waals surface area contributed by atoms with Crippen molar-refractivity contribution >= 4 is 11.9 Å². The molecule has 0 saturated carbocycles. The molecule has 28 heavy (non-hydrogen) atoms. The molecular weight excluding hydrogens is 352 g/mol. The van der Waals surface area contributed by atoms with E-state index >= 15 is 0 Å². The zero-order chi connectivity index (χ0) is 21.1. The molecule has 0 amide bonds. The summed E-state index contributed by atoms with van der Waals surface area (Å²) in [5.41, 5.74) is -0.363. The van der Waals surface area contributed by atoms with Crippen molar-refractivity contribution in [2.24, 2.45) is 0 Å². The summed E-state index contributed by atoms with van der Waals surface area (Å²) in [5.74, 6) is -0.916. The van der Waals surface area contributed by atoms with Gasteiger partial charge in [0.05, 0.1) is 0 Å². The van der Waals surface area contributed by atoms with Crippen molar-refractivity contribution in [2.45, 2.75) is 129 Å². The van der Waals surface area contributed by atoms with Crippen LogP contribution in [0.4, 0.5) is 0 Å². The Balaban J connectivity index is 3.18. The van der Waals surface area contributed by atoms with Crippen LogP contribution in [0.1, 0.15) is 124 Å². The van der Waals surface area contributed by atoms with Crippen LogP contribution in [0.25, 0.3) is 0 Å². The molecule has 1 N–H and O–H groups in total. The fourth-order valence-corrected chi connectivity index (χ4v) is 3.23. The van der Waals surface area contributed by atoms with E-state index in [2.05, 4.69) is 0 Å². The third-order valence-electron chi connectivity index (χ3n) is 4.68. The molecular formula is C24H44O4. The summed E-state index contributed by atoms with van der Waals surface area (Å²) in [6.45, 7) is 5.74. The molecule has 0 saturated heterocycles.